The van der Waals surface area contributed by atoms with E-state index >= 15 is 0 Å². The third-order valence-corrected chi connectivity index (χ3v) is 4.23. The number of nitrogens with zero attached hydrogens (tertiary/aromatic N) is 2. The van der Waals surface area contributed by atoms with Gasteiger partial charge in [-0.05, 0) is 18.6 Å². The molecule has 1 aromatic carbocycles. The molecule has 0 saturated heterocycles. The fourth-order valence-corrected chi connectivity index (χ4v) is 3.33. The average Bonchev–Trinajstić information content (AvgIpc) is 2.74. The number of rotatable bonds is 1. The van der Waals surface area contributed by atoms with E-state index in [1.54, 1.807) is 23.9 Å². The van der Waals surface area contributed by atoms with Gasteiger partial charge in [-0.1, -0.05) is 0 Å². The van der Waals surface area contributed by atoms with Gasteiger partial charge in [0.2, 0.25) is 5.95 Å². The quantitative estimate of drug-likeness (QED) is 0.833. The van der Waals surface area contributed by atoms with Crippen molar-refractivity contribution >= 4 is 34.7 Å². The lowest BCUT2D eigenvalue weighted by Gasteiger charge is -2.13. The molecule has 2 aromatic rings. The van der Waals surface area contributed by atoms with Crippen LogP contribution in [0.3, 0.4) is 0 Å². The van der Waals surface area contributed by atoms with E-state index in [9.17, 15) is 9.90 Å². The topological polar surface area (TPSA) is 90.4 Å². The van der Waals surface area contributed by atoms with Gasteiger partial charge in [0.15, 0.2) is 0 Å². The molecule has 1 aliphatic heterocycles. The molecule has 20 heavy (non-hydrogen) atoms. The van der Waals surface area contributed by atoms with Gasteiger partial charge in [-0.25, -0.2) is 9.78 Å². The van der Waals surface area contributed by atoms with Crippen LogP contribution in [0.5, 0.6) is 0 Å². The Morgan fingerprint density at radius 1 is 1.45 bits per heavy atom. The first-order valence-electron chi connectivity index (χ1n) is 6.40. The van der Waals surface area contributed by atoms with Crippen LogP contribution in [-0.2, 0) is 11.3 Å². The van der Waals surface area contributed by atoms with Gasteiger partial charge in [0, 0.05) is 23.8 Å². The molecule has 0 atom stereocenters. The molecule has 0 fully saturated rings. The van der Waals surface area contributed by atoms with E-state index in [1.165, 1.54) is 0 Å². The number of aromatic nitrogens is 2. The largest absolute Gasteiger partial charge is 0.478 e. The Balaban J connectivity index is 2.21. The van der Waals surface area contributed by atoms with E-state index in [0.717, 1.165) is 29.1 Å². The summed E-state index contributed by atoms with van der Waals surface area (Å²) in [7, 11) is 0. The predicted octanol–water partition coefficient (Wildman–Crippen LogP) is 1.83. The van der Waals surface area contributed by atoms with Crippen molar-refractivity contribution in [3.05, 3.63) is 17.7 Å². The van der Waals surface area contributed by atoms with Crippen molar-refractivity contribution in [3.63, 3.8) is 0 Å². The molecule has 0 bridgehead atoms. The fourth-order valence-electron chi connectivity index (χ4n) is 2.35. The van der Waals surface area contributed by atoms with Crippen LogP contribution in [0, 0.1) is 0 Å². The zero-order chi connectivity index (χ0) is 14.1. The Bertz CT molecular complexity index is 668. The molecule has 3 N–H and O–H groups in total. The second-order valence-electron chi connectivity index (χ2n) is 4.58. The molecule has 0 unspecified atom stereocenters. The van der Waals surface area contributed by atoms with Crippen molar-refractivity contribution in [2.24, 2.45) is 0 Å². The molecule has 7 heteroatoms. The lowest BCUT2D eigenvalue weighted by molar-refractivity contribution is 0.0697. The lowest BCUT2D eigenvalue weighted by atomic mass is 10.2. The molecule has 3 rings (SSSR count). The zero-order valence-corrected chi connectivity index (χ0v) is 11.7. The molecule has 0 spiro atoms. The smallest absolute Gasteiger partial charge is 0.335 e. The summed E-state index contributed by atoms with van der Waals surface area (Å²) in [6.45, 7) is 2.08. The van der Waals surface area contributed by atoms with Crippen molar-refractivity contribution < 1.29 is 14.6 Å². The van der Waals surface area contributed by atoms with E-state index in [0.29, 0.717) is 24.7 Å². The van der Waals surface area contributed by atoms with Crippen LogP contribution in [0.15, 0.2) is 17.0 Å². The monoisotopic (exact) mass is 293 g/mol. The summed E-state index contributed by atoms with van der Waals surface area (Å²) in [5.41, 5.74) is 7.77. The molecule has 6 nitrogen and oxygen atoms in total. The van der Waals surface area contributed by atoms with Crippen molar-refractivity contribution in [3.8, 4) is 0 Å². The summed E-state index contributed by atoms with van der Waals surface area (Å²) in [6.07, 6.45) is 0.862. The second kappa shape index (κ2) is 5.34. The molecule has 106 valence electrons. The van der Waals surface area contributed by atoms with Gasteiger partial charge in [0.05, 0.1) is 23.2 Å². The normalized spacial score (nSPS) is 16.2. The number of thioether (sulfide) groups is 1. The van der Waals surface area contributed by atoms with Crippen LogP contribution < -0.4 is 5.73 Å². The van der Waals surface area contributed by atoms with Crippen molar-refractivity contribution in [1.82, 2.24) is 9.55 Å². The molecular formula is C13H15N3O3S. The Morgan fingerprint density at radius 2 is 2.30 bits per heavy atom. The summed E-state index contributed by atoms with van der Waals surface area (Å²) >= 11 is 1.58. The summed E-state index contributed by atoms with van der Waals surface area (Å²) in [6, 6.07) is 3.27. The molecule has 0 saturated carbocycles. The maximum atomic E-state index is 11.2. The average molecular weight is 293 g/mol. The number of carboxylic acid groups (broad SMARTS) is 1. The molecule has 0 aliphatic carbocycles. The van der Waals surface area contributed by atoms with Crippen LogP contribution in [0.4, 0.5) is 5.95 Å². The number of aryl methyl sites for hydroxylation is 1. The number of nitrogen functional groups attached to an aromatic ring is 1. The van der Waals surface area contributed by atoms with Crippen LogP contribution in [0.1, 0.15) is 16.8 Å². The standard InChI is InChI=1S/C13H15N3O3S/c14-13-15-9-6-8(12(17)18)7-10-11(9)16(13)2-1-3-19-4-5-20-10/h6-7H,1-5H2,(H2,14,15)(H,17,18). The van der Waals surface area contributed by atoms with Gasteiger partial charge in [0.1, 0.15) is 0 Å². The summed E-state index contributed by atoms with van der Waals surface area (Å²) < 4.78 is 7.45. The highest BCUT2D eigenvalue weighted by Crippen LogP contribution is 2.32. The minimum Gasteiger partial charge on any atom is -0.478 e. The number of imidazole rings is 1. The highest BCUT2D eigenvalue weighted by Gasteiger charge is 2.17. The first kappa shape index (κ1) is 13.3. The Kier molecular flexibility index (Phi) is 3.54. The summed E-state index contributed by atoms with van der Waals surface area (Å²) in [5, 5.41) is 9.19. The first-order valence-corrected chi connectivity index (χ1v) is 7.39. The number of hydrogen-bond donors (Lipinski definition) is 2. The highest BCUT2D eigenvalue weighted by molar-refractivity contribution is 7.99. The maximum Gasteiger partial charge on any atom is 0.335 e. The fraction of sp³-hybridized carbons (Fsp3) is 0.385. The van der Waals surface area contributed by atoms with Crippen molar-refractivity contribution in [2.45, 2.75) is 17.9 Å². The van der Waals surface area contributed by atoms with Gasteiger partial charge in [-0.3, -0.25) is 0 Å². The second-order valence-corrected chi connectivity index (χ2v) is 5.72. The van der Waals surface area contributed by atoms with Crippen LogP contribution in [-0.4, -0.2) is 39.6 Å². The zero-order valence-electron chi connectivity index (χ0n) is 10.8. The molecule has 2 heterocycles. The number of carbonyl (C=O) groups is 1. The lowest BCUT2D eigenvalue weighted by Crippen LogP contribution is -2.09. The van der Waals surface area contributed by atoms with E-state index in [1.807, 2.05) is 4.57 Å². The SMILES string of the molecule is Nc1nc2cc(C(=O)O)cc3c2n1CCCOCCS3. The van der Waals surface area contributed by atoms with Gasteiger partial charge in [-0.2, -0.15) is 0 Å². The number of anilines is 1. The minimum atomic E-state index is -0.954. The third-order valence-electron chi connectivity index (χ3n) is 3.24. The molecule has 1 aliphatic rings. The summed E-state index contributed by atoms with van der Waals surface area (Å²) in [5.74, 6) is 0.249. The number of hydrogen-bond acceptors (Lipinski definition) is 5. The Morgan fingerprint density at radius 3 is 3.10 bits per heavy atom. The number of benzene rings is 1. The summed E-state index contributed by atoms with van der Waals surface area (Å²) in [4.78, 5) is 16.4. The van der Waals surface area contributed by atoms with Crippen LogP contribution in [0.25, 0.3) is 11.0 Å². The number of aromatic carboxylic acids is 1. The molecular weight excluding hydrogens is 278 g/mol. The van der Waals surface area contributed by atoms with Crippen LogP contribution in [0.2, 0.25) is 0 Å². The predicted molar refractivity (Wildman–Crippen MR) is 77.3 cm³/mol. The van der Waals surface area contributed by atoms with Gasteiger partial charge < -0.3 is 20.1 Å². The van der Waals surface area contributed by atoms with E-state index in [-0.39, 0.29) is 5.56 Å². The number of nitrogens with two attached hydrogens (primary N) is 1. The van der Waals surface area contributed by atoms with E-state index in [2.05, 4.69) is 4.98 Å². The highest BCUT2D eigenvalue weighted by atomic mass is 32.2. The Labute approximate surface area is 119 Å². The van der Waals surface area contributed by atoms with Gasteiger partial charge >= 0.3 is 5.97 Å². The third kappa shape index (κ3) is 2.34. The van der Waals surface area contributed by atoms with Crippen LogP contribution >= 0.6 is 11.8 Å². The van der Waals surface area contributed by atoms with E-state index < -0.39 is 5.97 Å². The molecule has 0 radical (unpaired) electrons. The number of ether oxygens (including phenoxy) is 1. The van der Waals surface area contributed by atoms with Crippen molar-refractivity contribution in [2.75, 3.05) is 24.7 Å². The number of carboxylic acids is 1. The minimum absolute atomic E-state index is 0.239. The maximum absolute atomic E-state index is 11.2. The Hall–Kier alpha value is -1.73. The first-order chi connectivity index (χ1) is 9.66. The molecule has 0 amide bonds. The van der Waals surface area contributed by atoms with Crippen molar-refractivity contribution in [1.29, 1.82) is 0 Å². The van der Waals surface area contributed by atoms with E-state index in [4.69, 9.17) is 10.5 Å². The van der Waals surface area contributed by atoms with Gasteiger partial charge in [-0.15, -0.1) is 11.8 Å². The molecule has 1 aromatic heterocycles. The van der Waals surface area contributed by atoms with Gasteiger partial charge in [0.25, 0.3) is 0 Å².